The number of ether oxygens (including phenoxy) is 1. The fraction of sp³-hybridized carbons (Fsp3) is 0.429. The summed E-state index contributed by atoms with van der Waals surface area (Å²) in [6.45, 7) is 7.83. The molecule has 10 nitrogen and oxygen atoms in total. The SMILES string of the molecule is CC1(C)CCc2ncnc(N3CCOc4ccc(-c5cnc(N)c(S(O)(O)N=C6CCNC6)c5)cc4C3)c2C1. The van der Waals surface area contributed by atoms with Gasteiger partial charge in [0.15, 0.2) is 0 Å². The van der Waals surface area contributed by atoms with Crippen molar-refractivity contribution in [1.29, 1.82) is 0 Å². The molecule has 0 bridgehead atoms. The number of fused-ring (bicyclic) bond motifs is 2. The number of pyridine rings is 1. The van der Waals surface area contributed by atoms with Crippen molar-refractivity contribution in [2.75, 3.05) is 36.9 Å². The third-order valence-corrected chi connectivity index (χ3v) is 9.16. The lowest BCUT2D eigenvalue weighted by molar-refractivity contribution is 0.310. The van der Waals surface area contributed by atoms with Crippen LogP contribution in [0.2, 0.25) is 0 Å². The van der Waals surface area contributed by atoms with Crippen LogP contribution in [0.25, 0.3) is 11.1 Å². The van der Waals surface area contributed by atoms with E-state index in [1.165, 1.54) is 5.56 Å². The zero-order valence-electron chi connectivity index (χ0n) is 22.4. The second-order valence-corrected chi connectivity index (χ2v) is 12.9. The average molecular weight is 550 g/mol. The van der Waals surface area contributed by atoms with Gasteiger partial charge >= 0.3 is 0 Å². The molecule has 206 valence electrons. The van der Waals surface area contributed by atoms with Crippen molar-refractivity contribution in [3.63, 3.8) is 0 Å². The Morgan fingerprint density at radius 3 is 2.82 bits per heavy atom. The number of nitrogens with one attached hydrogen (secondary N) is 1. The first kappa shape index (κ1) is 26.0. The van der Waals surface area contributed by atoms with Gasteiger partial charge in [0.25, 0.3) is 0 Å². The van der Waals surface area contributed by atoms with E-state index in [0.717, 1.165) is 72.0 Å². The minimum atomic E-state index is -3.48. The highest BCUT2D eigenvalue weighted by Crippen LogP contribution is 2.53. The van der Waals surface area contributed by atoms with Gasteiger partial charge in [-0.05, 0) is 48.4 Å². The van der Waals surface area contributed by atoms with Crippen molar-refractivity contribution in [3.8, 4) is 16.9 Å². The van der Waals surface area contributed by atoms with Crippen molar-refractivity contribution >= 4 is 28.1 Å². The molecule has 11 heteroatoms. The molecule has 0 spiro atoms. The van der Waals surface area contributed by atoms with E-state index in [1.54, 1.807) is 18.6 Å². The van der Waals surface area contributed by atoms with Gasteiger partial charge in [-0.1, -0.05) is 30.7 Å². The molecule has 4 heterocycles. The number of aromatic nitrogens is 3. The van der Waals surface area contributed by atoms with E-state index in [9.17, 15) is 9.11 Å². The van der Waals surface area contributed by atoms with Crippen LogP contribution >= 0.6 is 10.8 Å². The topological polar surface area (TPSA) is 142 Å². The third-order valence-electron chi connectivity index (χ3n) is 7.73. The lowest BCUT2D eigenvalue weighted by atomic mass is 9.76. The summed E-state index contributed by atoms with van der Waals surface area (Å²) in [5, 5.41) is 3.16. The largest absolute Gasteiger partial charge is 0.491 e. The molecule has 0 amide bonds. The van der Waals surface area contributed by atoms with E-state index in [4.69, 9.17) is 15.5 Å². The van der Waals surface area contributed by atoms with Crippen LogP contribution in [0.3, 0.4) is 0 Å². The number of rotatable bonds is 4. The minimum absolute atomic E-state index is 0.0646. The summed E-state index contributed by atoms with van der Waals surface area (Å²) in [6, 6.07) is 7.68. The van der Waals surface area contributed by atoms with Crippen LogP contribution in [-0.2, 0) is 19.4 Å². The molecular formula is C28H35N7O3S. The number of nitrogen functional groups attached to an aromatic ring is 1. The van der Waals surface area contributed by atoms with Crippen molar-refractivity contribution in [2.24, 2.45) is 9.81 Å². The summed E-state index contributed by atoms with van der Waals surface area (Å²) in [5.41, 5.74) is 12.0. The fourth-order valence-corrected chi connectivity index (χ4v) is 6.81. The number of nitrogens with two attached hydrogens (primary N) is 1. The third kappa shape index (κ3) is 5.31. The lowest BCUT2D eigenvalue weighted by Crippen LogP contribution is -2.31. The Labute approximate surface area is 230 Å². The van der Waals surface area contributed by atoms with Gasteiger partial charge in [-0.15, -0.1) is 0 Å². The van der Waals surface area contributed by atoms with E-state index >= 15 is 0 Å². The maximum absolute atomic E-state index is 10.9. The molecule has 6 rings (SSSR count). The molecule has 0 atom stereocenters. The quantitative estimate of drug-likeness (QED) is 0.370. The van der Waals surface area contributed by atoms with E-state index in [0.29, 0.717) is 26.1 Å². The standard InChI is InChI=1S/C28H35N7O3S/c1-28(2)7-5-23-22(13-28)27(33-17-32-23)35-9-10-38-24-4-3-18(11-20(24)16-35)19-12-25(26(29)31-14-19)39(36,37)34-21-6-8-30-15-21/h3-4,11-12,14,17,30,36-37H,5-10,13,15-16H2,1-2H3,(H2,29,31). The van der Waals surface area contributed by atoms with Crippen LogP contribution in [0.15, 0.2) is 46.1 Å². The molecule has 0 saturated carbocycles. The Morgan fingerprint density at radius 2 is 2.00 bits per heavy atom. The number of hydrogen-bond acceptors (Lipinski definition) is 10. The fourth-order valence-electron chi connectivity index (χ4n) is 5.58. The van der Waals surface area contributed by atoms with Gasteiger partial charge in [0.05, 0.1) is 12.3 Å². The Kier molecular flexibility index (Phi) is 6.70. The van der Waals surface area contributed by atoms with E-state index in [-0.39, 0.29) is 16.1 Å². The zero-order valence-corrected chi connectivity index (χ0v) is 23.2. The molecule has 1 saturated heterocycles. The second kappa shape index (κ2) is 10.1. The summed E-state index contributed by atoms with van der Waals surface area (Å²) in [6.07, 6.45) is 7.06. The van der Waals surface area contributed by atoms with Crippen molar-refractivity contribution in [1.82, 2.24) is 20.3 Å². The van der Waals surface area contributed by atoms with Gasteiger partial charge in [-0.2, -0.15) is 4.40 Å². The monoisotopic (exact) mass is 549 g/mol. The van der Waals surface area contributed by atoms with Gasteiger partial charge in [-0.25, -0.2) is 15.0 Å². The molecular weight excluding hydrogens is 514 g/mol. The lowest BCUT2D eigenvalue weighted by Gasteiger charge is -2.33. The highest BCUT2D eigenvalue weighted by atomic mass is 32.3. The number of benzene rings is 1. The molecule has 1 aromatic carbocycles. The summed E-state index contributed by atoms with van der Waals surface area (Å²) < 4.78 is 32.1. The van der Waals surface area contributed by atoms with Gasteiger partial charge in [-0.3, -0.25) is 9.11 Å². The highest BCUT2D eigenvalue weighted by molar-refractivity contribution is 8.23. The summed E-state index contributed by atoms with van der Waals surface area (Å²) >= 11 is 0. The number of aryl methyl sites for hydroxylation is 1. The summed E-state index contributed by atoms with van der Waals surface area (Å²) in [7, 11) is -3.48. The number of nitrogens with zero attached hydrogens (tertiary/aromatic N) is 5. The predicted molar refractivity (Wildman–Crippen MR) is 155 cm³/mol. The van der Waals surface area contributed by atoms with E-state index < -0.39 is 10.8 Å². The highest BCUT2D eigenvalue weighted by Gasteiger charge is 2.31. The van der Waals surface area contributed by atoms with Crippen LogP contribution < -0.4 is 20.7 Å². The van der Waals surface area contributed by atoms with Crippen LogP contribution in [-0.4, -0.2) is 56.0 Å². The zero-order chi connectivity index (χ0) is 27.2. The predicted octanol–water partition coefficient (Wildman–Crippen LogP) is 4.49. The molecule has 0 unspecified atom stereocenters. The first-order chi connectivity index (χ1) is 18.7. The average Bonchev–Trinajstić information content (AvgIpc) is 3.31. The normalized spacial score (nSPS) is 20.2. The Morgan fingerprint density at radius 1 is 1.13 bits per heavy atom. The van der Waals surface area contributed by atoms with Gasteiger partial charge in [0.1, 0.15) is 35.2 Å². The number of hydrogen-bond donors (Lipinski definition) is 4. The molecule has 39 heavy (non-hydrogen) atoms. The van der Waals surface area contributed by atoms with Crippen LogP contribution in [0, 0.1) is 5.41 Å². The van der Waals surface area contributed by atoms with Gasteiger partial charge in [0, 0.05) is 54.6 Å². The molecule has 2 aliphatic heterocycles. The first-order valence-electron chi connectivity index (χ1n) is 13.3. The summed E-state index contributed by atoms with van der Waals surface area (Å²) in [5.74, 6) is 1.88. The van der Waals surface area contributed by atoms with Crippen LogP contribution in [0.4, 0.5) is 11.6 Å². The second-order valence-electron chi connectivity index (χ2n) is 11.3. The van der Waals surface area contributed by atoms with Crippen LogP contribution in [0.1, 0.15) is 43.5 Å². The Balaban J connectivity index is 1.33. The van der Waals surface area contributed by atoms with Gasteiger partial charge < -0.3 is 20.7 Å². The van der Waals surface area contributed by atoms with Crippen molar-refractivity contribution in [2.45, 2.75) is 51.0 Å². The Bertz CT molecular complexity index is 1430. The minimum Gasteiger partial charge on any atom is -0.491 e. The van der Waals surface area contributed by atoms with Crippen molar-refractivity contribution in [3.05, 3.63) is 53.6 Å². The molecule has 5 N–H and O–H groups in total. The molecule has 1 aliphatic carbocycles. The molecule has 2 aromatic heterocycles. The number of anilines is 2. The maximum atomic E-state index is 10.9. The van der Waals surface area contributed by atoms with E-state index in [2.05, 4.69) is 44.5 Å². The van der Waals surface area contributed by atoms with Gasteiger partial charge in [0.2, 0.25) is 0 Å². The molecule has 0 radical (unpaired) electrons. The van der Waals surface area contributed by atoms with Crippen molar-refractivity contribution < 1.29 is 13.8 Å². The van der Waals surface area contributed by atoms with Crippen LogP contribution in [0.5, 0.6) is 5.75 Å². The first-order valence-corrected chi connectivity index (χ1v) is 14.8. The smallest absolute Gasteiger partial charge is 0.148 e. The molecule has 3 aliphatic rings. The Hall–Kier alpha value is -3.25. The molecule has 3 aromatic rings. The van der Waals surface area contributed by atoms with E-state index in [1.807, 2.05) is 12.1 Å². The summed E-state index contributed by atoms with van der Waals surface area (Å²) in [4.78, 5) is 16.0. The molecule has 1 fully saturated rings. The maximum Gasteiger partial charge on any atom is 0.148 e.